The van der Waals surface area contributed by atoms with Crippen LogP contribution in [-0.2, 0) is 6.61 Å². The van der Waals surface area contributed by atoms with Crippen molar-refractivity contribution in [2.24, 2.45) is 0 Å². The van der Waals surface area contributed by atoms with Crippen molar-refractivity contribution in [1.29, 1.82) is 0 Å². The van der Waals surface area contributed by atoms with Crippen molar-refractivity contribution in [1.82, 2.24) is 0 Å². The van der Waals surface area contributed by atoms with Crippen molar-refractivity contribution in [3.63, 3.8) is 0 Å². The van der Waals surface area contributed by atoms with Crippen LogP contribution in [-0.4, -0.2) is 5.78 Å². The Bertz CT molecular complexity index is 1040. The number of hydrogen-bond donors (Lipinski definition) is 0. The van der Waals surface area contributed by atoms with Crippen molar-refractivity contribution >= 4 is 23.5 Å². The Hall–Kier alpha value is -3.11. The Morgan fingerprint density at radius 1 is 1.04 bits per heavy atom. The van der Waals surface area contributed by atoms with E-state index in [9.17, 15) is 9.18 Å². The fourth-order valence-electron chi connectivity index (χ4n) is 2.76. The molecule has 0 N–H and O–H groups in total. The van der Waals surface area contributed by atoms with E-state index in [2.05, 4.69) is 0 Å². The highest BCUT2D eigenvalue weighted by Crippen LogP contribution is 2.35. The molecule has 3 nitrogen and oxygen atoms in total. The molecule has 0 aromatic heterocycles. The summed E-state index contributed by atoms with van der Waals surface area (Å²) in [4.78, 5) is 12.5. The van der Waals surface area contributed by atoms with Crippen molar-refractivity contribution in [2.45, 2.75) is 6.61 Å². The number of halogens is 2. The van der Waals surface area contributed by atoms with Gasteiger partial charge in [-0.3, -0.25) is 4.79 Å². The van der Waals surface area contributed by atoms with Gasteiger partial charge in [0.25, 0.3) is 0 Å². The summed E-state index contributed by atoms with van der Waals surface area (Å²) in [6, 6.07) is 18.3. The highest BCUT2D eigenvalue weighted by molar-refractivity contribution is 6.30. The molecule has 0 unspecified atom stereocenters. The lowest BCUT2D eigenvalue weighted by molar-refractivity contribution is 0.101. The van der Waals surface area contributed by atoms with Gasteiger partial charge in [-0.2, -0.15) is 0 Å². The van der Waals surface area contributed by atoms with Crippen LogP contribution < -0.4 is 9.47 Å². The normalized spacial score (nSPS) is 14.1. The third kappa shape index (κ3) is 3.86. The third-order valence-corrected chi connectivity index (χ3v) is 4.34. The summed E-state index contributed by atoms with van der Waals surface area (Å²) in [5, 5.41) is 0.648. The van der Waals surface area contributed by atoms with Crippen molar-refractivity contribution in [2.75, 3.05) is 0 Å². The molecule has 3 aromatic carbocycles. The molecule has 1 heterocycles. The minimum Gasteiger partial charge on any atom is -0.489 e. The number of Topliss-reactive ketones (excluding diaryl/α,β-unsaturated/α-hetero) is 1. The average molecular weight is 381 g/mol. The van der Waals surface area contributed by atoms with Crippen LogP contribution in [0.1, 0.15) is 21.5 Å². The summed E-state index contributed by atoms with van der Waals surface area (Å²) < 4.78 is 24.5. The van der Waals surface area contributed by atoms with E-state index in [-0.39, 0.29) is 17.4 Å². The summed E-state index contributed by atoms with van der Waals surface area (Å²) in [5.41, 5.74) is 2.10. The smallest absolute Gasteiger partial charge is 0.231 e. The number of fused-ring (bicyclic) bond motifs is 1. The zero-order chi connectivity index (χ0) is 18.8. The van der Waals surface area contributed by atoms with Gasteiger partial charge < -0.3 is 9.47 Å². The topological polar surface area (TPSA) is 35.5 Å². The van der Waals surface area contributed by atoms with Crippen molar-refractivity contribution in [3.8, 4) is 11.5 Å². The van der Waals surface area contributed by atoms with Crippen LogP contribution in [0.3, 0.4) is 0 Å². The Labute approximate surface area is 160 Å². The minimum absolute atomic E-state index is 0.198. The van der Waals surface area contributed by atoms with Crippen LogP contribution in [0.2, 0.25) is 5.02 Å². The van der Waals surface area contributed by atoms with Crippen molar-refractivity contribution < 1.29 is 18.7 Å². The van der Waals surface area contributed by atoms with Gasteiger partial charge in [-0.25, -0.2) is 4.39 Å². The quantitative estimate of drug-likeness (QED) is 0.547. The fourth-order valence-corrected chi connectivity index (χ4v) is 2.97. The monoisotopic (exact) mass is 380 g/mol. The second-order valence-corrected chi connectivity index (χ2v) is 6.50. The number of rotatable bonds is 4. The van der Waals surface area contributed by atoms with E-state index in [1.54, 1.807) is 42.5 Å². The van der Waals surface area contributed by atoms with Gasteiger partial charge in [0.05, 0.1) is 5.56 Å². The molecule has 0 radical (unpaired) electrons. The summed E-state index contributed by atoms with van der Waals surface area (Å²) in [7, 11) is 0. The first-order valence-corrected chi connectivity index (χ1v) is 8.67. The second-order valence-electron chi connectivity index (χ2n) is 6.07. The maximum atomic E-state index is 13.0. The molecule has 5 heteroatoms. The zero-order valence-corrected chi connectivity index (χ0v) is 14.9. The maximum absolute atomic E-state index is 13.0. The fraction of sp³-hybridized carbons (Fsp3) is 0.0455. The predicted octanol–water partition coefficient (Wildman–Crippen LogP) is 5.67. The predicted molar refractivity (Wildman–Crippen MR) is 102 cm³/mol. The lowest BCUT2D eigenvalue weighted by Crippen LogP contribution is -1.98. The van der Waals surface area contributed by atoms with Gasteiger partial charge in [0.1, 0.15) is 23.9 Å². The van der Waals surface area contributed by atoms with Gasteiger partial charge in [0.2, 0.25) is 5.78 Å². The van der Waals surface area contributed by atoms with Gasteiger partial charge in [0.15, 0.2) is 5.76 Å². The largest absolute Gasteiger partial charge is 0.489 e. The first kappa shape index (κ1) is 17.3. The molecule has 134 valence electrons. The van der Waals surface area contributed by atoms with E-state index >= 15 is 0 Å². The molecule has 1 aliphatic rings. The summed E-state index contributed by atoms with van der Waals surface area (Å²) in [6.45, 7) is 0.353. The molecule has 1 aliphatic heterocycles. The lowest BCUT2D eigenvalue weighted by Gasteiger charge is -2.07. The van der Waals surface area contributed by atoms with Gasteiger partial charge in [-0.1, -0.05) is 35.9 Å². The molecule has 0 bridgehead atoms. The number of carbonyl (C=O) groups excluding carboxylic acids is 1. The molecule has 0 spiro atoms. The zero-order valence-electron chi connectivity index (χ0n) is 14.1. The SMILES string of the molecule is O=C1/C(=C/c2ccc(F)cc2)Oc2cc(OCc3cccc(Cl)c3)ccc21. The molecule has 0 saturated carbocycles. The van der Waals surface area contributed by atoms with Crippen LogP contribution in [0, 0.1) is 5.82 Å². The number of allylic oxidation sites excluding steroid dienone is 1. The van der Waals surface area contributed by atoms with Crippen LogP contribution in [0.4, 0.5) is 4.39 Å². The molecule has 0 atom stereocenters. The standard InChI is InChI=1S/C22H14ClFO3/c23-16-3-1-2-15(10-16)13-26-18-8-9-19-20(12-18)27-21(22(19)25)11-14-4-6-17(24)7-5-14/h1-12H,13H2/b21-11-. The van der Waals surface area contributed by atoms with Gasteiger partial charge >= 0.3 is 0 Å². The molecule has 4 rings (SSSR count). The minimum atomic E-state index is -0.333. The number of carbonyl (C=O) groups is 1. The van der Waals surface area contributed by atoms with Gasteiger partial charge in [-0.05, 0) is 53.6 Å². The third-order valence-electron chi connectivity index (χ3n) is 4.10. The van der Waals surface area contributed by atoms with E-state index < -0.39 is 0 Å². The van der Waals surface area contributed by atoms with E-state index in [4.69, 9.17) is 21.1 Å². The average Bonchev–Trinajstić information content (AvgIpc) is 2.97. The Kier molecular flexibility index (Phi) is 4.65. The van der Waals surface area contributed by atoms with Crippen LogP contribution >= 0.6 is 11.6 Å². The van der Waals surface area contributed by atoms with Crippen molar-refractivity contribution in [3.05, 3.63) is 100 Å². The van der Waals surface area contributed by atoms with Crippen LogP contribution in [0.25, 0.3) is 6.08 Å². The number of benzene rings is 3. The van der Waals surface area contributed by atoms with Crippen LogP contribution in [0.5, 0.6) is 11.5 Å². The second kappa shape index (κ2) is 7.25. The maximum Gasteiger partial charge on any atom is 0.231 e. The van der Waals surface area contributed by atoms with E-state index in [1.807, 2.05) is 18.2 Å². The first-order valence-electron chi connectivity index (χ1n) is 8.29. The van der Waals surface area contributed by atoms with Crippen LogP contribution in [0.15, 0.2) is 72.5 Å². The lowest BCUT2D eigenvalue weighted by atomic mass is 10.1. The molecule has 0 saturated heterocycles. The van der Waals surface area contributed by atoms with Gasteiger partial charge in [0, 0.05) is 11.1 Å². The van der Waals surface area contributed by atoms with E-state index in [0.29, 0.717) is 34.3 Å². The van der Waals surface area contributed by atoms with E-state index in [1.165, 1.54) is 12.1 Å². The molecule has 0 fully saturated rings. The number of ether oxygens (including phenoxy) is 2. The highest BCUT2D eigenvalue weighted by atomic mass is 35.5. The first-order chi connectivity index (χ1) is 13.1. The summed E-state index contributed by atoms with van der Waals surface area (Å²) >= 11 is 5.97. The number of ketones is 1. The van der Waals surface area contributed by atoms with Gasteiger partial charge in [-0.15, -0.1) is 0 Å². The Morgan fingerprint density at radius 2 is 1.85 bits per heavy atom. The highest BCUT2D eigenvalue weighted by Gasteiger charge is 2.27. The summed E-state index contributed by atoms with van der Waals surface area (Å²) in [5.74, 6) is 0.682. The Morgan fingerprint density at radius 3 is 2.63 bits per heavy atom. The molecular formula is C22H14ClFO3. The molecular weight excluding hydrogens is 367 g/mol. The molecule has 3 aromatic rings. The summed E-state index contributed by atoms with van der Waals surface area (Å²) in [6.07, 6.45) is 1.59. The molecule has 0 amide bonds. The number of hydrogen-bond acceptors (Lipinski definition) is 3. The van der Waals surface area contributed by atoms with E-state index in [0.717, 1.165) is 5.56 Å². The molecule has 27 heavy (non-hydrogen) atoms. The Balaban J connectivity index is 1.51. The molecule has 0 aliphatic carbocycles.